The largest absolute Gasteiger partial charge is 0.394 e. The van der Waals surface area contributed by atoms with E-state index in [1.807, 2.05) is 42.5 Å². The molecule has 3 aromatic rings. The van der Waals surface area contributed by atoms with Gasteiger partial charge in [0.25, 0.3) is 0 Å². The number of hydrogen-bond donors (Lipinski definition) is 2. The number of rotatable bonds is 6. The van der Waals surface area contributed by atoms with E-state index < -0.39 is 0 Å². The number of nitrogens with one attached hydrogen (secondary N) is 1. The first-order valence-corrected chi connectivity index (χ1v) is 9.27. The van der Waals surface area contributed by atoms with Crippen molar-refractivity contribution in [2.75, 3.05) is 23.4 Å². The van der Waals surface area contributed by atoms with Gasteiger partial charge < -0.3 is 15.3 Å². The molecule has 138 valence electrons. The van der Waals surface area contributed by atoms with Crippen LogP contribution in [-0.4, -0.2) is 39.3 Å². The van der Waals surface area contributed by atoms with E-state index in [9.17, 15) is 5.11 Å². The molecule has 2 atom stereocenters. The molecule has 1 aromatic carbocycles. The first-order chi connectivity index (χ1) is 13.3. The van der Waals surface area contributed by atoms with Gasteiger partial charge in [0.2, 0.25) is 0 Å². The minimum atomic E-state index is -0.109. The van der Waals surface area contributed by atoms with E-state index in [-0.39, 0.29) is 18.7 Å². The third kappa shape index (κ3) is 3.90. The molecule has 0 saturated carbocycles. The number of anilines is 2. The van der Waals surface area contributed by atoms with Crippen molar-refractivity contribution in [3.63, 3.8) is 0 Å². The summed E-state index contributed by atoms with van der Waals surface area (Å²) in [5.74, 6) is 1.58. The van der Waals surface area contributed by atoms with Crippen LogP contribution < -0.4 is 10.2 Å². The number of aliphatic hydroxyl groups excluding tert-OH is 1. The summed E-state index contributed by atoms with van der Waals surface area (Å²) in [5, 5.41) is 13.1. The van der Waals surface area contributed by atoms with Gasteiger partial charge in [0.15, 0.2) is 0 Å². The second-order valence-electron chi connectivity index (χ2n) is 6.68. The Hall–Kier alpha value is -2.99. The predicted molar refractivity (Wildman–Crippen MR) is 106 cm³/mol. The number of hydrogen-bond acceptors (Lipinski definition) is 6. The lowest BCUT2D eigenvalue weighted by Gasteiger charge is -2.25. The predicted octanol–water partition coefficient (Wildman–Crippen LogP) is 3.03. The van der Waals surface area contributed by atoms with Crippen LogP contribution in [0, 0.1) is 0 Å². The molecule has 1 saturated heterocycles. The van der Waals surface area contributed by atoms with Crippen molar-refractivity contribution in [1.82, 2.24) is 15.0 Å². The molecule has 0 amide bonds. The van der Waals surface area contributed by atoms with Crippen LogP contribution in [0.15, 0.2) is 67.1 Å². The number of nitrogens with zero attached hydrogens (tertiary/aromatic N) is 4. The smallest absolute Gasteiger partial charge is 0.134 e. The zero-order valence-corrected chi connectivity index (χ0v) is 15.1. The Bertz CT molecular complexity index is 819. The Balaban J connectivity index is 1.63. The van der Waals surface area contributed by atoms with Gasteiger partial charge in [-0.3, -0.25) is 4.98 Å². The van der Waals surface area contributed by atoms with Gasteiger partial charge in [0, 0.05) is 18.8 Å². The van der Waals surface area contributed by atoms with Gasteiger partial charge >= 0.3 is 0 Å². The Morgan fingerprint density at radius 1 is 1.07 bits per heavy atom. The number of aliphatic hydroxyl groups is 1. The van der Waals surface area contributed by atoms with Crippen molar-refractivity contribution in [2.24, 2.45) is 0 Å². The highest BCUT2D eigenvalue weighted by molar-refractivity contribution is 5.52. The quantitative estimate of drug-likeness (QED) is 0.703. The highest BCUT2D eigenvalue weighted by atomic mass is 16.3. The summed E-state index contributed by atoms with van der Waals surface area (Å²) in [6.07, 6.45) is 5.43. The lowest BCUT2D eigenvalue weighted by molar-refractivity contribution is 0.266. The zero-order valence-electron chi connectivity index (χ0n) is 15.1. The maximum absolute atomic E-state index is 9.60. The molecule has 6 nitrogen and oxygen atoms in total. The average molecular weight is 361 g/mol. The molecule has 2 N–H and O–H groups in total. The van der Waals surface area contributed by atoms with Crippen molar-refractivity contribution in [3.8, 4) is 0 Å². The van der Waals surface area contributed by atoms with E-state index in [1.165, 1.54) is 0 Å². The summed E-state index contributed by atoms with van der Waals surface area (Å²) in [7, 11) is 0. The molecule has 4 rings (SSSR count). The maximum Gasteiger partial charge on any atom is 0.134 e. The van der Waals surface area contributed by atoms with E-state index in [1.54, 1.807) is 12.5 Å². The van der Waals surface area contributed by atoms with Crippen LogP contribution in [0.5, 0.6) is 0 Å². The van der Waals surface area contributed by atoms with Gasteiger partial charge in [0.05, 0.1) is 24.4 Å². The molecule has 3 heterocycles. The number of pyridine rings is 1. The van der Waals surface area contributed by atoms with Crippen LogP contribution in [0.3, 0.4) is 0 Å². The first-order valence-electron chi connectivity index (χ1n) is 9.27. The summed E-state index contributed by atoms with van der Waals surface area (Å²) in [6.45, 7) is 1.05. The summed E-state index contributed by atoms with van der Waals surface area (Å²) < 4.78 is 0. The van der Waals surface area contributed by atoms with Crippen LogP contribution >= 0.6 is 0 Å². The molecule has 1 aliphatic rings. The molecule has 2 unspecified atom stereocenters. The molecule has 1 aliphatic heterocycles. The highest BCUT2D eigenvalue weighted by Crippen LogP contribution is 2.28. The second-order valence-corrected chi connectivity index (χ2v) is 6.68. The Labute approximate surface area is 158 Å². The molecule has 0 spiro atoms. The Morgan fingerprint density at radius 3 is 2.70 bits per heavy atom. The van der Waals surface area contributed by atoms with Crippen LogP contribution in [0.4, 0.5) is 11.6 Å². The summed E-state index contributed by atoms with van der Waals surface area (Å²) >= 11 is 0. The normalized spacial score (nSPS) is 17.7. The Kier molecular flexibility index (Phi) is 5.25. The van der Waals surface area contributed by atoms with Crippen LogP contribution in [-0.2, 0) is 0 Å². The van der Waals surface area contributed by atoms with E-state index in [0.717, 1.165) is 42.3 Å². The SMILES string of the molecule is OCC1CCCN1c1cc(NC(c2ccccc2)c2ccccn2)ncn1. The third-order valence-electron chi connectivity index (χ3n) is 4.94. The molecular formula is C21H23N5O. The van der Waals surface area contributed by atoms with Gasteiger partial charge in [-0.2, -0.15) is 0 Å². The van der Waals surface area contributed by atoms with E-state index in [0.29, 0.717) is 0 Å². The van der Waals surface area contributed by atoms with E-state index in [4.69, 9.17) is 0 Å². The van der Waals surface area contributed by atoms with E-state index in [2.05, 4.69) is 37.3 Å². The Morgan fingerprint density at radius 2 is 1.93 bits per heavy atom. The standard InChI is InChI=1S/C21H23N5O/c27-14-17-9-6-12-26(17)20-13-19(23-15-24-20)25-21(16-7-2-1-3-8-16)18-10-4-5-11-22-18/h1-5,7-8,10-11,13,15,17,21,27H,6,9,12,14H2,(H,23,24,25). The van der Waals surface area contributed by atoms with Crippen molar-refractivity contribution in [1.29, 1.82) is 0 Å². The summed E-state index contributed by atoms with van der Waals surface area (Å²) in [5.41, 5.74) is 2.05. The maximum atomic E-state index is 9.60. The minimum Gasteiger partial charge on any atom is -0.394 e. The second kappa shape index (κ2) is 8.14. The monoisotopic (exact) mass is 361 g/mol. The summed E-state index contributed by atoms with van der Waals surface area (Å²) in [4.78, 5) is 15.5. The van der Waals surface area contributed by atoms with Crippen molar-refractivity contribution < 1.29 is 5.11 Å². The lowest BCUT2D eigenvalue weighted by atomic mass is 10.0. The van der Waals surface area contributed by atoms with Gasteiger partial charge in [-0.1, -0.05) is 36.4 Å². The van der Waals surface area contributed by atoms with Gasteiger partial charge in [0.1, 0.15) is 18.0 Å². The van der Waals surface area contributed by atoms with Crippen LogP contribution in [0.2, 0.25) is 0 Å². The third-order valence-corrected chi connectivity index (χ3v) is 4.94. The lowest BCUT2D eigenvalue weighted by Crippen LogP contribution is -2.32. The van der Waals surface area contributed by atoms with Crippen molar-refractivity contribution in [2.45, 2.75) is 24.9 Å². The van der Waals surface area contributed by atoms with Gasteiger partial charge in [-0.05, 0) is 30.5 Å². The molecule has 0 bridgehead atoms. The molecule has 0 radical (unpaired) electrons. The molecule has 1 fully saturated rings. The minimum absolute atomic E-state index is 0.109. The number of benzene rings is 1. The highest BCUT2D eigenvalue weighted by Gasteiger charge is 2.25. The van der Waals surface area contributed by atoms with Crippen LogP contribution in [0.1, 0.15) is 30.1 Å². The fraction of sp³-hybridized carbons (Fsp3) is 0.286. The van der Waals surface area contributed by atoms with Crippen LogP contribution in [0.25, 0.3) is 0 Å². The first kappa shape index (κ1) is 17.4. The molecule has 6 heteroatoms. The zero-order chi connectivity index (χ0) is 18.5. The van der Waals surface area contributed by atoms with Crippen molar-refractivity contribution >= 4 is 11.6 Å². The molecule has 27 heavy (non-hydrogen) atoms. The summed E-state index contributed by atoms with van der Waals surface area (Å²) in [6, 6.07) is 18.1. The van der Waals surface area contributed by atoms with Gasteiger partial charge in [-0.25, -0.2) is 9.97 Å². The van der Waals surface area contributed by atoms with E-state index >= 15 is 0 Å². The molecule has 0 aliphatic carbocycles. The number of aromatic nitrogens is 3. The molecule has 2 aromatic heterocycles. The topological polar surface area (TPSA) is 74.2 Å². The molecular weight excluding hydrogens is 338 g/mol. The fourth-order valence-electron chi connectivity index (χ4n) is 3.58. The fourth-order valence-corrected chi connectivity index (χ4v) is 3.58. The van der Waals surface area contributed by atoms with Gasteiger partial charge in [-0.15, -0.1) is 0 Å². The van der Waals surface area contributed by atoms with Crippen molar-refractivity contribution in [3.05, 3.63) is 78.4 Å². The average Bonchev–Trinajstić information content (AvgIpc) is 3.22.